The molecule has 0 spiro atoms. The highest BCUT2D eigenvalue weighted by molar-refractivity contribution is 5.82. The third-order valence-electron chi connectivity index (χ3n) is 3.97. The molecule has 1 atom stereocenters. The van der Waals surface area contributed by atoms with Gasteiger partial charge in [0, 0.05) is 31.5 Å². The lowest BCUT2D eigenvalue weighted by atomic mass is 9.81. The molecule has 19 heavy (non-hydrogen) atoms. The van der Waals surface area contributed by atoms with Crippen molar-refractivity contribution in [3.05, 3.63) is 18.0 Å². The van der Waals surface area contributed by atoms with E-state index in [-0.39, 0.29) is 17.4 Å². The molecule has 2 rings (SSSR count). The van der Waals surface area contributed by atoms with Crippen LogP contribution >= 0.6 is 0 Å². The van der Waals surface area contributed by atoms with Crippen LogP contribution in [0.15, 0.2) is 12.4 Å². The van der Waals surface area contributed by atoms with Gasteiger partial charge in [-0.05, 0) is 26.7 Å². The standard InChI is InChI=1S/C14H23N3O2/c1-4-17-10-12(9-15-17)11(2)16-13(18)14(3)5-7-19-8-6-14/h9-11H,4-8H2,1-3H3,(H,16,18). The summed E-state index contributed by atoms with van der Waals surface area (Å²) in [4.78, 5) is 12.4. The van der Waals surface area contributed by atoms with Gasteiger partial charge in [-0.25, -0.2) is 0 Å². The molecule has 106 valence electrons. The van der Waals surface area contributed by atoms with Crippen LogP contribution in [-0.2, 0) is 16.1 Å². The number of amides is 1. The molecule has 0 aromatic carbocycles. The second kappa shape index (κ2) is 5.74. The van der Waals surface area contributed by atoms with Gasteiger partial charge in [-0.3, -0.25) is 9.48 Å². The number of hydrogen-bond donors (Lipinski definition) is 1. The molecule has 1 aromatic heterocycles. The Balaban J connectivity index is 1.97. The Hall–Kier alpha value is -1.36. The summed E-state index contributed by atoms with van der Waals surface area (Å²) in [5.74, 6) is 0.118. The minimum Gasteiger partial charge on any atom is -0.381 e. The van der Waals surface area contributed by atoms with Crippen molar-refractivity contribution in [2.24, 2.45) is 5.41 Å². The van der Waals surface area contributed by atoms with Crippen LogP contribution in [0.1, 0.15) is 45.2 Å². The van der Waals surface area contributed by atoms with E-state index in [4.69, 9.17) is 4.74 Å². The van der Waals surface area contributed by atoms with Crippen LogP contribution in [0.3, 0.4) is 0 Å². The molecular formula is C14H23N3O2. The fraction of sp³-hybridized carbons (Fsp3) is 0.714. The predicted octanol–water partition coefficient (Wildman–Crippen LogP) is 1.90. The number of ether oxygens (including phenoxy) is 1. The third-order valence-corrected chi connectivity index (χ3v) is 3.97. The fourth-order valence-electron chi connectivity index (χ4n) is 2.28. The minimum atomic E-state index is -0.298. The average molecular weight is 265 g/mol. The molecule has 5 heteroatoms. The highest BCUT2D eigenvalue weighted by Gasteiger charge is 2.35. The van der Waals surface area contributed by atoms with E-state index in [9.17, 15) is 4.79 Å². The summed E-state index contributed by atoms with van der Waals surface area (Å²) >= 11 is 0. The third kappa shape index (κ3) is 3.15. The molecule has 2 heterocycles. The van der Waals surface area contributed by atoms with Crippen LogP contribution in [0.25, 0.3) is 0 Å². The van der Waals surface area contributed by atoms with Crippen molar-refractivity contribution in [2.75, 3.05) is 13.2 Å². The van der Waals surface area contributed by atoms with E-state index in [2.05, 4.69) is 10.4 Å². The minimum absolute atomic E-state index is 0.00697. The number of rotatable bonds is 4. The van der Waals surface area contributed by atoms with Gasteiger partial charge in [0.2, 0.25) is 5.91 Å². The molecule has 1 N–H and O–H groups in total. The van der Waals surface area contributed by atoms with Crippen LogP contribution < -0.4 is 5.32 Å². The second-order valence-electron chi connectivity index (χ2n) is 5.50. The van der Waals surface area contributed by atoms with Gasteiger partial charge in [0.15, 0.2) is 0 Å². The fourth-order valence-corrected chi connectivity index (χ4v) is 2.28. The number of aromatic nitrogens is 2. The Labute approximate surface area is 114 Å². The lowest BCUT2D eigenvalue weighted by molar-refractivity contribution is -0.135. The molecule has 1 aliphatic heterocycles. The van der Waals surface area contributed by atoms with Crippen LogP contribution in [0, 0.1) is 5.41 Å². The van der Waals surface area contributed by atoms with Crippen molar-refractivity contribution in [3.8, 4) is 0 Å². The zero-order chi connectivity index (χ0) is 13.9. The number of nitrogens with zero attached hydrogens (tertiary/aromatic N) is 2. The molecule has 0 radical (unpaired) electrons. The Morgan fingerprint density at radius 1 is 1.58 bits per heavy atom. The van der Waals surface area contributed by atoms with Gasteiger partial charge in [0.05, 0.1) is 17.7 Å². The summed E-state index contributed by atoms with van der Waals surface area (Å²) in [6.45, 7) is 8.25. The van der Waals surface area contributed by atoms with E-state index in [0.717, 1.165) is 24.9 Å². The quantitative estimate of drug-likeness (QED) is 0.904. The van der Waals surface area contributed by atoms with Crippen LogP contribution in [-0.4, -0.2) is 28.9 Å². The number of carbonyl (C=O) groups excluding carboxylic acids is 1. The lowest BCUT2D eigenvalue weighted by Gasteiger charge is -2.33. The number of carbonyl (C=O) groups is 1. The summed E-state index contributed by atoms with van der Waals surface area (Å²) in [6, 6.07) is -0.00697. The van der Waals surface area contributed by atoms with Gasteiger partial charge in [-0.1, -0.05) is 6.92 Å². The molecule has 1 unspecified atom stereocenters. The topological polar surface area (TPSA) is 56.2 Å². The van der Waals surface area contributed by atoms with Gasteiger partial charge in [0.25, 0.3) is 0 Å². The average Bonchev–Trinajstić information content (AvgIpc) is 2.88. The number of nitrogens with one attached hydrogen (secondary N) is 1. The largest absolute Gasteiger partial charge is 0.381 e. The van der Waals surface area contributed by atoms with E-state index in [1.54, 1.807) is 0 Å². The second-order valence-corrected chi connectivity index (χ2v) is 5.50. The summed E-state index contributed by atoms with van der Waals surface area (Å²) in [5, 5.41) is 7.33. The van der Waals surface area contributed by atoms with Crippen molar-refractivity contribution in [1.82, 2.24) is 15.1 Å². The van der Waals surface area contributed by atoms with Crippen molar-refractivity contribution in [1.29, 1.82) is 0 Å². The van der Waals surface area contributed by atoms with Crippen LogP contribution in [0.2, 0.25) is 0 Å². The summed E-state index contributed by atoms with van der Waals surface area (Å²) in [6.07, 6.45) is 5.39. The Morgan fingerprint density at radius 3 is 2.84 bits per heavy atom. The molecule has 0 aliphatic carbocycles. The Morgan fingerprint density at radius 2 is 2.26 bits per heavy atom. The maximum atomic E-state index is 12.4. The van der Waals surface area contributed by atoms with E-state index in [1.807, 2.05) is 37.8 Å². The maximum Gasteiger partial charge on any atom is 0.226 e. The zero-order valence-electron chi connectivity index (χ0n) is 12.0. The van der Waals surface area contributed by atoms with Crippen molar-refractivity contribution in [2.45, 2.75) is 46.2 Å². The van der Waals surface area contributed by atoms with Gasteiger partial charge in [-0.2, -0.15) is 5.10 Å². The summed E-state index contributed by atoms with van der Waals surface area (Å²) < 4.78 is 7.20. The molecule has 1 fully saturated rings. The number of hydrogen-bond acceptors (Lipinski definition) is 3. The number of aryl methyl sites for hydroxylation is 1. The molecule has 1 amide bonds. The van der Waals surface area contributed by atoms with Crippen molar-refractivity contribution >= 4 is 5.91 Å². The molecule has 1 saturated heterocycles. The Kier molecular flexibility index (Phi) is 4.24. The van der Waals surface area contributed by atoms with E-state index in [1.165, 1.54) is 0 Å². The summed E-state index contributed by atoms with van der Waals surface area (Å²) in [5.41, 5.74) is 0.749. The van der Waals surface area contributed by atoms with E-state index in [0.29, 0.717) is 13.2 Å². The molecule has 1 aromatic rings. The van der Waals surface area contributed by atoms with Crippen molar-refractivity contribution < 1.29 is 9.53 Å². The molecular weight excluding hydrogens is 242 g/mol. The highest BCUT2D eigenvalue weighted by Crippen LogP contribution is 2.30. The first-order chi connectivity index (χ1) is 9.05. The van der Waals surface area contributed by atoms with Crippen molar-refractivity contribution in [3.63, 3.8) is 0 Å². The molecule has 5 nitrogen and oxygen atoms in total. The smallest absolute Gasteiger partial charge is 0.226 e. The normalized spacial score (nSPS) is 19.9. The molecule has 0 saturated carbocycles. The van der Waals surface area contributed by atoms with Crippen LogP contribution in [0.5, 0.6) is 0 Å². The van der Waals surface area contributed by atoms with E-state index >= 15 is 0 Å². The van der Waals surface area contributed by atoms with Gasteiger partial charge < -0.3 is 10.1 Å². The first-order valence-corrected chi connectivity index (χ1v) is 6.96. The first-order valence-electron chi connectivity index (χ1n) is 6.96. The monoisotopic (exact) mass is 265 g/mol. The zero-order valence-corrected chi connectivity index (χ0v) is 12.0. The first kappa shape index (κ1) is 14.1. The van der Waals surface area contributed by atoms with E-state index < -0.39 is 0 Å². The highest BCUT2D eigenvalue weighted by atomic mass is 16.5. The SMILES string of the molecule is CCn1cc(C(C)NC(=O)C2(C)CCOCC2)cn1. The van der Waals surface area contributed by atoms with Gasteiger partial charge in [0.1, 0.15) is 0 Å². The van der Waals surface area contributed by atoms with Gasteiger partial charge >= 0.3 is 0 Å². The summed E-state index contributed by atoms with van der Waals surface area (Å²) in [7, 11) is 0. The maximum absolute atomic E-state index is 12.4. The van der Waals surface area contributed by atoms with Gasteiger partial charge in [-0.15, -0.1) is 0 Å². The molecule has 0 bridgehead atoms. The lowest BCUT2D eigenvalue weighted by Crippen LogP contribution is -2.43. The predicted molar refractivity (Wildman–Crippen MR) is 72.6 cm³/mol. The van der Waals surface area contributed by atoms with Crippen LogP contribution in [0.4, 0.5) is 0 Å². The Bertz CT molecular complexity index is 436. The molecule has 1 aliphatic rings.